The Morgan fingerprint density at radius 1 is 1.12 bits per heavy atom. The van der Waals surface area contributed by atoms with Gasteiger partial charge in [0.15, 0.2) is 0 Å². The lowest BCUT2D eigenvalue weighted by atomic mass is 10.1. The monoisotopic (exact) mass is 354 g/mol. The lowest BCUT2D eigenvalue weighted by molar-refractivity contribution is -0.146. The highest BCUT2D eigenvalue weighted by atomic mass is 32.2. The van der Waals surface area contributed by atoms with Crippen molar-refractivity contribution in [3.05, 3.63) is 29.8 Å². The molecule has 1 saturated heterocycles. The van der Waals surface area contributed by atoms with Crippen molar-refractivity contribution in [2.45, 2.75) is 11.3 Å². The number of hydrogen-bond donors (Lipinski definition) is 2. The molecule has 0 unspecified atom stereocenters. The number of nitrogens with one attached hydrogen (secondary N) is 1. The van der Waals surface area contributed by atoms with Crippen molar-refractivity contribution in [3.63, 3.8) is 0 Å². The number of nitrogens with zero attached hydrogens (tertiary/aromatic N) is 2. The fraction of sp³-hybridized carbons (Fsp3) is 0.467. The number of primary sulfonamides is 1. The normalized spacial score (nSPS) is 16.0. The first-order chi connectivity index (χ1) is 11.3. The van der Waals surface area contributed by atoms with Crippen LogP contribution < -0.4 is 10.5 Å². The Morgan fingerprint density at radius 3 is 2.25 bits per heavy atom. The molecule has 0 aliphatic carbocycles. The first-order valence-electron chi connectivity index (χ1n) is 7.65. The van der Waals surface area contributed by atoms with Crippen LogP contribution in [0.5, 0.6) is 0 Å². The van der Waals surface area contributed by atoms with Crippen molar-refractivity contribution in [1.82, 2.24) is 15.1 Å². The lowest BCUT2D eigenvalue weighted by Gasteiger charge is -2.31. The van der Waals surface area contributed by atoms with Crippen LogP contribution >= 0.6 is 0 Å². The van der Waals surface area contributed by atoms with E-state index < -0.39 is 21.8 Å². The molecule has 1 aliphatic rings. The molecule has 0 saturated carbocycles. The van der Waals surface area contributed by atoms with Crippen LogP contribution in [0.3, 0.4) is 0 Å². The van der Waals surface area contributed by atoms with Gasteiger partial charge >= 0.3 is 11.8 Å². The van der Waals surface area contributed by atoms with E-state index >= 15 is 0 Å². The van der Waals surface area contributed by atoms with Crippen LogP contribution in [0.4, 0.5) is 0 Å². The van der Waals surface area contributed by atoms with E-state index in [1.165, 1.54) is 12.1 Å². The standard InChI is InChI=1S/C15H22N4O4S/c1-18-8-10-19(11-9-18)15(21)14(20)17-7-6-12-2-4-13(5-3-12)24(16,22)23/h2-5H,6-11H2,1H3,(H,17,20)(H2,16,22,23). The summed E-state index contributed by atoms with van der Waals surface area (Å²) >= 11 is 0. The quantitative estimate of drug-likeness (QED) is 0.657. The van der Waals surface area contributed by atoms with E-state index in [0.29, 0.717) is 26.1 Å². The second kappa shape index (κ2) is 7.73. The molecule has 9 heteroatoms. The maximum atomic E-state index is 12.0. The van der Waals surface area contributed by atoms with E-state index in [9.17, 15) is 18.0 Å². The molecule has 3 N–H and O–H groups in total. The van der Waals surface area contributed by atoms with Gasteiger partial charge in [0.1, 0.15) is 0 Å². The molecule has 1 aromatic carbocycles. The highest BCUT2D eigenvalue weighted by Crippen LogP contribution is 2.09. The highest BCUT2D eigenvalue weighted by Gasteiger charge is 2.24. The first kappa shape index (κ1) is 18.4. The van der Waals surface area contributed by atoms with E-state index in [0.717, 1.165) is 18.7 Å². The molecular weight excluding hydrogens is 332 g/mol. The zero-order valence-electron chi connectivity index (χ0n) is 13.6. The zero-order valence-corrected chi connectivity index (χ0v) is 14.4. The SMILES string of the molecule is CN1CCN(C(=O)C(=O)NCCc2ccc(S(N)(=O)=O)cc2)CC1. The minimum atomic E-state index is -3.70. The predicted octanol–water partition coefficient (Wildman–Crippen LogP) is -1.23. The van der Waals surface area contributed by atoms with Gasteiger partial charge in [0, 0.05) is 32.7 Å². The molecule has 1 aromatic rings. The Bertz CT molecular complexity index is 695. The van der Waals surface area contributed by atoms with Gasteiger partial charge in [-0.05, 0) is 31.2 Å². The van der Waals surface area contributed by atoms with Crippen LogP contribution in [-0.2, 0) is 26.0 Å². The summed E-state index contributed by atoms with van der Waals surface area (Å²) in [5.41, 5.74) is 0.842. The molecule has 8 nitrogen and oxygen atoms in total. The fourth-order valence-electron chi connectivity index (χ4n) is 2.39. The molecule has 1 aliphatic heterocycles. The Balaban J connectivity index is 1.79. The summed E-state index contributed by atoms with van der Waals surface area (Å²) in [5.74, 6) is -1.12. The van der Waals surface area contributed by atoms with Crippen molar-refractivity contribution < 1.29 is 18.0 Å². The predicted molar refractivity (Wildman–Crippen MR) is 88.6 cm³/mol. The van der Waals surface area contributed by atoms with Gasteiger partial charge < -0.3 is 15.1 Å². The van der Waals surface area contributed by atoms with Crippen LogP contribution in [0.15, 0.2) is 29.2 Å². The first-order valence-corrected chi connectivity index (χ1v) is 9.19. The van der Waals surface area contributed by atoms with Crippen LogP contribution in [0, 0.1) is 0 Å². The smallest absolute Gasteiger partial charge is 0.311 e. The molecule has 1 fully saturated rings. The summed E-state index contributed by atoms with van der Waals surface area (Å²) < 4.78 is 22.3. The Morgan fingerprint density at radius 2 is 1.71 bits per heavy atom. The number of rotatable bonds is 4. The number of carbonyl (C=O) groups is 2. The number of nitrogens with two attached hydrogens (primary N) is 1. The Kier molecular flexibility index (Phi) is 5.92. The number of piperazine rings is 1. The molecular formula is C15H22N4O4S. The summed E-state index contributed by atoms with van der Waals surface area (Å²) in [6.45, 7) is 2.92. The Hall–Kier alpha value is -1.97. The third kappa shape index (κ3) is 5.02. The summed E-state index contributed by atoms with van der Waals surface area (Å²) in [5, 5.41) is 7.63. The van der Waals surface area contributed by atoms with Gasteiger partial charge in [0.05, 0.1) is 4.90 Å². The second-order valence-electron chi connectivity index (χ2n) is 5.79. The van der Waals surface area contributed by atoms with E-state index in [4.69, 9.17) is 5.14 Å². The van der Waals surface area contributed by atoms with E-state index in [2.05, 4.69) is 10.2 Å². The van der Waals surface area contributed by atoms with E-state index in [-0.39, 0.29) is 4.90 Å². The summed E-state index contributed by atoms with van der Waals surface area (Å²) in [6, 6.07) is 6.10. The van der Waals surface area contributed by atoms with E-state index in [1.807, 2.05) is 7.05 Å². The van der Waals surface area contributed by atoms with Gasteiger partial charge in [-0.1, -0.05) is 12.1 Å². The Labute approximate surface area is 141 Å². The average molecular weight is 354 g/mol. The minimum Gasteiger partial charge on any atom is -0.347 e. The third-order valence-corrected chi connectivity index (χ3v) is 4.87. The average Bonchev–Trinajstić information content (AvgIpc) is 2.54. The summed E-state index contributed by atoms with van der Waals surface area (Å²) in [6.07, 6.45) is 0.493. The largest absolute Gasteiger partial charge is 0.347 e. The topological polar surface area (TPSA) is 113 Å². The minimum absolute atomic E-state index is 0.0422. The molecule has 0 spiro atoms. The van der Waals surface area contributed by atoms with E-state index in [1.54, 1.807) is 17.0 Å². The van der Waals surface area contributed by atoms with Crippen LogP contribution in [0.25, 0.3) is 0 Å². The molecule has 132 valence electrons. The number of likely N-dealkylation sites (N-methyl/N-ethyl adjacent to an activating group) is 1. The number of carbonyl (C=O) groups excluding carboxylic acids is 2. The molecule has 0 aromatic heterocycles. The van der Waals surface area contributed by atoms with Crippen molar-refractivity contribution in [1.29, 1.82) is 0 Å². The van der Waals surface area contributed by atoms with Crippen molar-refractivity contribution >= 4 is 21.8 Å². The fourth-order valence-corrected chi connectivity index (χ4v) is 2.91. The number of amides is 2. The second-order valence-corrected chi connectivity index (χ2v) is 7.35. The maximum absolute atomic E-state index is 12.0. The zero-order chi connectivity index (χ0) is 17.7. The van der Waals surface area contributed by atoms with Crippen LogP contribution in [0.2, 0.25) is 0 Å². The third-order valence-electron chi connectivity index (χ3n) is 3.94. The van der Waals surface area contributed by atoms with Gasteiger partial charge in [-0.15, -0.1) is 0 Å². The maximum Gasteiger partial charge on any atom is 0.311 e. The molecule has 2 rings (SSSR count). The van der Waals surface area contributed by atoms with Crippen molar-refractivity contribution in [2.75, 3.05) is 39.8 Å². The molecule has 1 heterocycles. The molecule has 24 heavy (non-hydrogen) atoms. The number of hydrogen-bond acceptors (Lipinski definition) is 5. The van der Waals surface area contributed by atoms with Gasteiger partial charge in [0.25, 0.3) is 0 Å². The van der Waals surface area contributed by atoms with Gasteiger partial charge in [-0.2, -0.15) is 0 Å². The van der Waals surface area contributed by atoms with Crippen LogP contribution in [-0.4, -0.2) is 69.8 Å². The molecule has 0 radical (unpaired) electrons. The van der Waals surface area contributed by atoms with Gasteiger partial charge in [0.2, 0.25) is 10.0 Å². The molecule has 0 atom stereocenters. The summed E-state index contributed by atoms with van der Waals surface area (Å²) in [4.78, 5) is 27.6. The van der Waals surface area contributed by atoms with Crippen LogP contribution in [0.1, 0.15) is 5.56 Å². The molecule has 0 bridgehead atoms. The summed E-state index contributed by atoms with van der Waals surface area (Å²) in [7, 11) is -1.73. The van der Waals surface area contributed by atoms with Gasteiger partial charge in [-0.3, -0.25) is 9.59 Å². The van der Waals surface area contributed by atoms with Crippen molar-refractivity contribution in [2.24, 2.45) is 5.14 Å². The van der Waals surface area contributed by atoms with Crippen molar-refractivity contribution in [3.8, 4) is 0 Å². The number of benzene rings is 1. The number of sulfonamides is 1. The highest BCUT2D eigenvalue weighted by molar-refractivity contribution is 7.89. The lowest BCUT2D eigenvalue weighted by Crippen LogP contribution is -2.51. The molecule has 2 amide bonds. The van der Waals surface area contributed by atoms with Gasteiger partial charge in [-0.25, -0.2) is 13.6 Å².